The Morgan fingerprint density at radius 2 is 1.93 bits per heavy atom. The Morgan fingerprint density at radius 3 is 2.50 bits per heavy atom. The summed E-state index contributed by atoms with van der Waals surface area (Å²) in [5.74, 6) is -0.826. The second-order valence-corrected chi connectivity index (χ2v) is 6.75. The number of imidazole rings is 1. The Balaban J connectivity index is 0.000000500. The van der Waals surface area contributed by atoms with Crippen LogP contribution in [0.2, 0.25) is 0 Å². The highest BCUT2D eigenvalue weighted by Gasteiger charge is 2.45. The number of aliphatic carboxylic acids is 1. The maximum Gasteiger partial charge on any atom is 0.469 e. The number of anilines is 1. The Hall–Kier alpha value is -2.23. The highest BCUT2D eigenvalue weighted by Crippen LogP contribution is 2.38. The number of aromatic nitrogens is 4. The average molecular weight is 422 g/mol. The number of ether oxygens (including phenoxy) is 1. The van der Waals surface area contributed by atoms with E-state index in [1.807, 2.05) is 0 Å². The van der Waals surface area contributed by atoms with Crippen molar-refractivity contribution in [2.75, 3.05) is 18.9 Å². The number of rotatable bonds is 5. The molecule has 0 aromatic carbocycles. The van der Waals surface area contributed by atoms with Gasteiger partial charge in [0.15, 0.2) is 17.7 Å². The van der Waals surface area contributed by atoms with E-state index in [1.165, 1.54) is 17.2 Å². The van der Waals surface area contributed by atoms with E-state index >= 15 is 0 Å². The van der Waals surface area contributed by atoms with Gasteiger partial charge >= 0.3 is 13.8 Å². The van der Waals surface area contributed by atoms with E-state index in [-0.39, 0.29) is 18.0 Å². The van der Waals surface area contributed by atoms with E-state index in [9.17, 15) is 19.6 Å². The standard InChI is InChI=1S/C10H14N5O7P.C2H5NO2/c11-8-5-9(13-2-12-8)15(3-14-5)10-7(17)6(16)4(22-10)1-21-23(18,19)20;3-1-2(4)5/h2-4,6-7,10,16-17H,1H2,(H2,11,12,13)(H2,18,19,20);1,3H2,(H,4,5)/t4-,6-,7-,10-;/m1./s1. The van der Waals surface area contributed by atoms with Gasteiger partial charge in [-0.05, 0) is 0 Å². The molecule has 0 unspecified atom stereocenters. The Morgan fingerprint density at radius 1 is 1.29 bits per heavy atom. The molecule has 1 aliphatic rings. The molecular weight excluding hydrogens is 403 g/mol. The third-order valence-electron chi connectivity index (χ3n) is 3.58. The van der Waals surface area contributed by atoms with Crippen molar-refractivity contribution in [2.24, 2.45) is 5.73 Å². The Labute approximate surface area is 156 Å². The number of hydrogen-bond acceptors (Lipinski definition) is 11. The van der Waals surface area contributed by atoms with Gasteiger partial charge in [-0.3, -0.25) is 13.9 Å². The number of hydrogen-bond donors (Lipinski definition) is 7. The fraction of sp³-hybridized carbons (Fsp3) is 0.500. The van der Waals surface area contributed by atoms with Crippen LogP contribution in [-0.2, 0) is 18.6 Å². The molecule has 156 valence electrons. The van der Waals surface area contributed by atoms with Gasteiger partial charge in [0.05, 0.1) is 19.5 Å². The van der Waals surface area contributed by atoms with Gasteiger partial charge in [0.1, 0.15) is 30.2 Å². The summed E-state index contributed by atoms with van der Waals surface area (Å²) in [6, 6.07) is 0. The molecule has 9 N–H and O–H groups in total. The summed E-state index contributed by atoms with van der Waals surface area (Å²) in [4.78, 5) is 38.4. The second-order valence-electron chi connectivity index (χ2n) is 5.51. The maximum atomic E-state index is 10.7. The molecule has 3 heterocycles. The SMILES string of the molecule is NCC(=O)O.Nc1ncnc2c1ncn2[C@@H]1O[C@H](COP(=O)(O)O)[C@@H](O)[C@H]1O. The lowest BCUT2D eigenvalue weighted by Gasteiger charge is -2.16. The largest absolute Gasteiger partial charge is 0.480 e. The number of nitrogens with two attached hydrogens (primary N) is 2. The second kappa shape index (κ2) is 8.85. The number of phosphoric ester groups is 1. The molecule has 0 aliphatic carbocycles. The predicted molar refractivity (Wildman–Crippen MR) is 90.3 cm³/mol. The lowest BCUT2D eigenvalue weighted by Crippen LogP contribution is -2.33. The van der Waals surface area contributed by atoms with Gasteiger partial charge < -0.3 is 41.3 Å². The number of aliphatic hydroxyl groups excluding tert-OH is 2. The zero-order valence-corrected chi connectivity index (χ0v) is 15.0. The molecule has 1 saturated heterocycles. The zero-order valence-electron chi connectivity index (χ0n) is 14.1. The van der Waals surface area contributed by atoms with E-state index in [1.54, 1.807) is 0 Å². The van der Waals surface area contributed by atoms with Crippen LogP contribution in [0.15, 0.2) is 12.7 Å². The third kappa shape index (κ3) is 5.18. The molecule has 4 atom stereocenters. The van der Waals surface area contributed by atoms with Crippen LogP contribution >= 0.6 is 7.82 Å². The highest BCUT2D eigenvalue weighted by molar-refractivity contribution is 7.46. The average Bonchev–Trinajstić information content (AvgIpc) is 3.16. The van der Waals surface area contributed by atoms with Crippen molar-refractivity contribution in [1.82, 2.24) is 19.5 Å². The van der Waals surface area contributed by atoms with Crippen molar-refractivity contribution in [2.45, 2.75) is 24.5 Å². The van der Waals surface area contributed by atoms with E-state index < -0.39 is 44.9 Å². The summed E-state index contributed by atoms with van der Waals surface area (Å²) < 4.78 is 21.8. The molecule has 2 aromatic rings. The molecule has 15 nitrogen and oxygen atoms in total. The molecule has 1 aliphatic heterocycles. The van der Waals surface area contributed by atoms with Crippen LogP contribution in [0.1, 0.15) is 6.23 Å². The fourth-order valence-electron chi connectivity index (χ4n) is 2.32. The van der Waals surface area contributed by atoms with Crippen molar-refractivity contribution in [3.05, 3.63) is 12.7 Å². The summed E-state index contributed by atoms with van der Waals surface area (Å²) in [6.45, 7) is -0.872. The van der Waals surface area contributed by atoms with Crippen molar-refractivity contribution in [1.29, 1.82) is 0 Å². The molecule has 3 rings (SSSR count). The monoisotopic (exact) mass is 422 g/mol. The molecular formula is C12H19N6O9P. The minimum atomic E-state index is -4.72. The first-order valence-electron chi connectivity index (χ1n) is 7.61. The first-order valence-corrected chi connectivity index (χ1v) is 9.14. The van der Waals surface area contributed by atoms with Crippen LogP contribution in [0.5, 0.6) is 0 Å². The highest BCUT2D eigenvalue weighted by atomic mass is 31.2. The number of carbonyl (C=O) groups is 1. The summed E-state index contributed by atoms with van der Waals surface area (Å²) >= 11 is 0. The number of nitrogens with zero attached hydrogens (tertiary/aromatic N) is 4. The maximum absolute atomic E-state index is 10.7. The summed E-state index contributed by atoms with van der Waals surface area (Å²) in [5, 5.41) is 27.7. The smallest absolute Gasteiger partial charge is 0.469 e. The van der Waals surface area contributed by atoms with Crippen molar-refractivity contribution >= 4 is 30.8 Å². The Bertz CT molecular complexity index is 872. The lowest BCUT2D eigenvalue weighted by molar-refractivity contribution is -0.135. The summed E-state index contributed by atoms with van der Waals surface area (Å²) in [5.41, 5.74) is 10.8. The number of carboxylic acid groups (broad SMARTS) is 1. The summed E-state index contributed by atoms with van der Waals surface area (Å²) in [6.07, 6.45) is -2.49. The summed E-state index contributed by atoms with van der Waals surface area (Å²) in [7, 11) is -4.72. The number of carboxylic acids is 1. The van der Waals surface area contributed by atoms with Crippen LogP contribution in [0.25, 0.3) is 11.2 Å². The quantitative estimate of drug-likeness (QED) is 0.240. The molecule has 1 fully saturated rings. The minimum Gasteiger partial charge on any atom is -0.480 e. The van der Waals surface area contributed by atoms with Gasteiger partial charge in [0.25, 0.3) is 0 Å². The first-order chi connectivity index (χ1) is 13.0. The van der Waals surface area contributed by atoms with Crippen LogP contribution in [0.3, 0.4) is 0 Å². The normalized spacial score (nSPS) is 24.8. The van der Waals surface area contributed by atoms with Crippen LogP contribution in [-0.4, -0.2) is 82.1 Å². The van der Waals surface area contributed by atoms with Gasteiger partial charge in [0.2, 0.25) is 0 Å². The van der Waals surface area contributed by atoms with Gasteiger partial charge in [-0.1, -0.05) is 0 Å². The topological polar surface area (TPSA) is 249 Å². The van der Waals surface area contributed by atoms with E-state index in [4.69, 9.17) is 25.4 Å². The van der Waals surface area contributed by atoms with Gasteiger partial charge in [-0.15, -0.1) is 0 Å². The van der Waals surface area contributed by atoms with E-state index in [2.05, 4.69) is 25.2 Å². The Kier molecular flexibility index (Phi) is 6.97. The lowest BCUT2D eigenvalue weighted by atomic mass is 10.1. The van der Waals surface area contributed by atoms with Crippen molar-refractivity contribution in [3.8, 4) is 0 Å². The molecule has 28 heavy (non-hydrogen) atoms. The molecule has 0 spiro atoms. The van der Waals surface area contributed by atoms with Crippen LogP contribution < -0.4 is 11.5 Å². The number of fused-ring (bicyclic) bond motifs is 1. The van der Waals surface area contributed by atoms with Gasteiger partial charge in [-0.2, -0.15) is 0 Å². The number of phosphoric acid groups is 1. The van der Waals surface area contributed by atoms with Crippen molar-refractivity contribution < 1.29 is 43.7 Å². The van der Waals surface area contributed by atoms with Crippen LogP contribution in [0.4, 0.5) is 5.82 Å². The fourth-order valence-corrected chi connectivity index (χ4v) is 2.66. The third-order valence-corrected chi connectivity index (χ3v) is 4.07. The van der Waals surface area contributed by atoms with E-state index in [0.29, 0.717) is 5.52 Å². The van der Waals surface area contributed by atoms with Gasteiger partial charge in [-0.25, -0.2) is 19.5 Å². The van der Waals surface area contributed by atoms with E-state index in [0.717, 1.165) is 0 Å². The zero-order chi connectivity index (χ0) is 21.1. The first kappa shape index (κ1) is 22.1. The molecule has 0 saturated carbocycles. The van der Waals surface area contributed by atoms with Gasteiger partial charge in [0, 0.05) is 0 Å². The molecule has 0 radical (unpaired) electrons. The molecule has 2 aromatic heterocycles. The number of nitrogen functional groups attached to an aromatic ring is 1. The predicted octanol–water partition coefficient (Wildman–Crippen LogP) is -2.83. The molecule has 16 heteroatoms. The number of aliphatic hydroxyl groups is 2. The minimum absolute atomic E-state index is 0.142. The molecule has 0 bridgehead atoms. The van der Waals surface area contributed by atoms with Crippen molar-refractivity contribution in [3.63, 3.8) is 0 Å². The molecule has 0 amide bonds. The van der Waals surface area contributed by atoms with Crippen LogP contribution in [0, 0.1) is 0 Å².